The maximum Gasteiger partial charge on any atom is 0.165 e. The Kier molecular flexibility index (Phi) is 4.23. The molecule has 0 bridgehead atoms. The quantitative estimate of drug-likeness (QED) is 0.606. The molecule has 0 aliphatic carbocycles. The van der Waals surface area contributed by atoms with Crippen molar-refractivity contribution in [2.45, 2.75) is 6.42 Å². The van der Waals surface area contributed by atoms with Gasteiger partial charge >= 0.3 is 0 Å². The number of alkyl halides is 1. The van der Waals surface area contributed by atoms with Crippen LogP contribution in [0.3, 0.4) is 0 Å². The summed E-state index contributed by atoms with van der Waals surface area (Å²) < 4.78 is 0.756. The van der Waals surface area contributed by atoms with E-state index in [1.165, 1.54) is 0 Å². The number of rotatable bonds is 3. The van der Waals surface area contributed by atoms with Gasteiger partial charge in [0.15, 0.2) is 5.78 Å². The Morgan fingerprint density at radius 2 is 2.15 bits per heavy atom. The van der Waals surface area contributed by atoms with Crippen LogP contribution < -0.4 is 0 Å². The Bertz CT molecular complexity index is 325. The lowest BCUT2D eigenvalue weighted by molar-refractivity contribution is 0.0988. The van der Waals surface area contributed by atoms with Crippen molar-refractivity contribution in [2.24, 2.45) is 0 Å². The molecule has 0 aliphatic heterocycles. The van der Waals surface area contributed by atoms with Crippen LogP contribution in [0.1, 0.15) is 16.8 Å². The van der Waals surface area contributed by atoms with Gasteiger partial charge in [-0.15, -0.1) is 11.6 Å². The van der Waals surface area contributed by atoms with Crippen molar-refractivity contribution in [1.82, 2.24) is 0 Å². The maximum atomic E-state index is 11.4. The summed E-state index contributed by atoms with van der Waals surface area (Å²) in [4.78, 5) is 11.4. The van der Waals surface area contributed by atoms with Gasteiger partial charge in [0.05, 0.1) is 0 Å². The molecule has 0 unspecified atom stereocenters. The molecule has 0 radical (unpaired) electrons. The van der Waals surface area contributed by atoms with Crippen LogP contribution in [0.5, 0.6) is 0 Å². The fourth-order valence-corrected chi connectivity index (χ4v) is 1.74. The molecule has 70 valence electrons. The summed E-state index contributed by atoms with van der Waals surface area (Å²) in [7, 11) is 0. The zero-order chi connectivity index (χ0) is 9.84. The minimum Gasteiger partial charge on any atom is -0.294 e. The van der Waals surface area contributed by atoms with Gasteiger partial charge in [0, 0.05) is 27.4 Å². The first kappa shape index (κ1) is 11.0. The highest BCUT2D eigenvalue weighted by Crippen LogP contribution is 2.22. The zero-order valence-corrected chi connectivity index (χ0v) is 9.79. The van der Waals surface area contributed by atoms with Crippen LogP contribution in [-0.2, 0) is 0 Å². The van der Waals surface area contributed by atoms with Crippen molar-refractivity contribution in [2.75, 3.05) is 5.88 Å². The van der Waals surface area contributed by atoms with Gasteiger partial charge in [-0.3, -0.25) is 4.79 Å². The van der Waals surface area contributed by atoms with E-state index in [-0.39, 0.29) is 5.78 Å². The highest BCUT2D eigenvalue weighted by atomic mass is 79.9. The largest absolute Gasteiger partial charge is 0.294 e. The van der Waals surface area contributed by atoms with Gasteiger partial charge in [-0.1, -0.05) is 27.5 Å². The Hall–Kier alpha value is -0.0500. The first-order valence-electron chi connectivity index (χ1n) is 3.69. The molecule has 0 saturated heterocycles. The fraction of sp³-hybridized carbons (Fsp3) is 0.222. The lowest BCUT2D eigenvalue weighted by atomic mass is 10.1. The maximum absolute atomic E-state index is 11.4. The summed E-state index contributed by atoms with van der Waals surface area (Å²) in [6.07, 6.45) is 0.334. The van der Waals surface area contributed by atoms with Crippen molar-refractivity contribution < 1.29 is 4.79 Å². The SMILES string of the molecule is O=C(CCCl)c1cc(Cl)ccc1Br. The molecule has 0 atom stereocenters. The van der Waals surface area contributed by atoms with E-state index < -0.39 is 0 Å². The third-order valence-electron chi connectivity index (χ3n) is 1.55. The Labute approximate surface area is 95.2 Å². The number of halogens is 3. The van der Waals surface area contributed by atoms with Gasteiger partial charge in [0.25, 0.3) is 0 Å². The van der Waals surface area contributed by atoms with E-state index in [9.17, 15) is 4.79 Å². The minimum absolute atomic E-state index is 0.00405. The van der Waals surface area contributed by atoms with E-state index in [2.05, 4.69) is 15.9 Å². The van der Waals surface area contributed by atoms with E-state index in [1.54, 1.807) is 18.2 Å². The van der Waals surface area contributed by atoms with E-state index in [4.69, 9.17) is 23.2 Å². The molecule has 1 aromatic rings. The van der Waals surface area contributed by atoms with Gasteiger partial charge in [0.1, 0.15) is 0 Å². The lowest BCUT2D eigenvalue weighted by Gasteiger charge is -2.02. The highest BCUT2D eigenvalue weighted by molar-refractivity contribution is 9.10. The summed E-state index contributed by atoms with van der Waals surface area (Å²) in [5, 5.41) is 0.557. The van der Waals surface area contributed by atoms with Crippen LogP contribution in [0, 0.1) is 0 Å². The molecule has 13 heavy (non-hydrogen) atoms. The zero-order valence-electron chi connectivity index (χ0n) is 6.69. The number of hydrogen-bond donors (Lipinski definition) is 0. The first-order chi connectivity index (χ1) is 6.15. The molecular weight excluding hydrogens is 275 g/mol. The molecule has 4 heteroatoms. The van der Waals surface area contributed by atoms with Crippen LogP contribution in [0.25, 0.3) is 0 Å². The molecule has 0 spiro atoms. The van der Waals surface area contributed by atoms with E-state index in [0.717, 1.165) is 4.47 Å². The summed E-state index contributed by atoms with van der Waals surface area (Å²) in [6, 6.07) is 5.12. The normalized spacial score (nSPS) is 10.1. The Morgan fingerprint density at radius 3 is 2.77 bits per heavy atom. The molecular formula is C9H7BrCl2O. The second-order valence-electron chi connectivity index (χ2n) is 2.49. The summed E-state index contributed by atoms with van der Waals surface area (Å²) in [5.41, 5.74) is 0.591. The van der Waals surface area contributed by atoms with Gasteiger partial charge < -0.3 is 0 Å². The topological polar surface area (TPSA) is 17.1 Å². The molecule has 1 aromatic carbocycles. The summed E-state index contributed by atoms with van der Waals surface area (Å²) in [5.74, 6) is 0.335. The summed E-state index contributed by atoms with van der Waals surface area (Å²) in [6.45, 7) is 0. The van der Waals surface area contributed by atoms with E-state index in [1.807, 2.05) is 0 Å². The van der Waals surface area contributed by atoms with Crippen molar-refractivity contribution in [1.29, 1.82) is 0 Å². The molecule has 0 aromatic heterocycles. The van der Waals surface area contributed by atoms with Crippen LogP contribution in [0.2, 0.25) is 5.02 Å². The molecule has 0 N–H and O–H groups in total. The second-order valence-corrected chi connectivity index (χ2v) is 4.16. The van der Waals surface area contributed by atoms with Crippen molar-refractivity contribution in [3.05, 3.63) is 33.3 Å². The Morgan fingerprint density at radius 1 is 1.46 bits per heavy atom. The van der Waals surface area contributed by atoms with Crippen LogP contribution >= 0.6 is 39.1 Å². The number of benzene rings is 1. The van der Waals surface area contributed by atoms with Crippen molar-refractivity contribution in [3.63, 3.8) is 0 Å². The fourth-order valence-electron chi connectivity index (χ4n) is 0.932. The van der Waals surface area contributed by atoms with Gasteiger partial charge in [-0.25, -0.2) is 0 Å². The average molecular weight is 282 g/mol. The Balaban J connectivity index is 2.99. The summed E-state index contributed by atoms with van der Waals surface area (Å²) >= 11 is 14.5. The predicted octanol–water partition coefficient (Wildman–Crippen LogP) is 3.91. The van der Waals surface area contributed by atoms with Crippen LogP contribution in [-0.4, -0.2) is 11.7 Å². The van der Waals surface area contributed by atoms with Crippen molar-refractivity contribution >= 4 is 44.9 Å². The number of Topliss-reactive ketones (excluding diaryl/α,β-unsaturated/α-hetero) is 1. The monoisotopic (exact) mass is 280 g/mol. The smallest absolute Gasteiger partial charge is 0.165 e. The average Bonchev–Trinajstić information content (AvgIpc) is 2.09. The second kappa shape index (κ2) is 4.99. The molecule has 0 fully saturated rings. The molecule has 0 amide bonds. The molecule has 1 rings (SSSR count). The number of carbonyl (C=O) groups is 1. The molecule has 0 aliphatic rings. The third kappa shape index (κ3) is 2.97. The number of carbonyl (C=O) groups excluding carboxylic acids is 1. The van der Waals surface area contributed by atoms with Crippen LogP contribution in [0.4, 0.5) is 0 Å². The minimum atomic E-state index is 0.00405. The number of hydrogen-bond acceptors (Lipinski definition) is 1. The lowest BCUT2D eigenvalue weighted by Crippen LogP contribution is -2.00. The van der Waals surface area contributed by atoms with E-state index >= 15 is 0 Å². The molecule has 1 nitrogen and oxygen atoms in total. The molecule has 0 saturated carbocycles. The molecule has 0 heterocycles. The van der Waals surface area contributed by atoms with Gasteiger partial charge in [-0.05, 0) is 18.2 Å². The van der Waals surface area contributed by atoms with Crippen LogP contribution in [0.15, 0.2) is 22.7 Å². The van der Waals surface area contributed by atoms with Crippen molar-refractivity contribution in [3.8, 4) is 0 Å². The van der Waals surface area contributed by atoms with Gasteiger partial charge in [0.2, 0.25) is 0 Å². The first-order valence-corrected chi connectivity index (χ1v) is 5.40. The standard InChI is InChI=1S/C9H7BrCl2O/c10-8-2-1-6(12)5-7(8)9(13)3-4-11/h1-2,5H,3-4H2. The van der Waals surface area contributed by atoms with E-state index in [0.29, 0.717) is 22.9 Å². The highest BCUT2D eigenvalue weighted by Gasteiger charge is 2.09. The third-order valence-corrected chi connectivity index (χ3v) is 2.67. The van der Waals surface area contributed by atoms with Gasteiger partial charge in [-0.2, -0.15) is 0 Å². The predicted molar refractivity (Wildman–Crippen MR) is 58.8 cm³/mol. The number of ketones is 1.